The maximum absolute atomic E-state index is 9.85. The summed E-state index contributed by atoms with van der Waals surface area (Å²) >= 11 is 0. The lowest BCUT2D eigenvalue weighted by Gasteiger charge is -1.97. The molecule has 0 radical (unpaired) electrons. The number of hydrogen-bond acceptors (Lipinski definition) is 4. The molecule has 2 atom stereocenters. The maximum Gasteiger partial charge on any atom is 0.696 e. The van der Waals surface area contributed by atoms with Crippen LogP contribution in [0.15, 0.2) is 0 Å². The van der Waals surface area contributed by atoms with Crippen molar-refractivity contribution in [2.75, 3.05) is 6.61 Å². The molecule has 0 aliphatic rings. The minimum atomic E-state index is -2.64. The second-order valence-electron chi connectivity index (χ2n) is 1.39. The van der Waals surface area contributed by atoms with E-state index in [-0.39, 0.29) is 13.0 Å². The lowest BCUT2D eigenvalue weighted by Crippen LogP contribution is -2.21. The van der Waals surface area contributed by atoms with E-state index in [1.807, 2.05) is 0 Å². The standard InChI is InChI=1S/C3H8NO4P/c4-3(1-2-5)8-9(6)7/h3,5H,1-2,4H2/p+1. The molecule has 0 rings (SSSR count). The van der Waals surface area contributed by atoms with E-state index < -0.39 is 14.5 Å². The van der Waals surface area contributed by atoms with Crippen LogP contribution in [0.3, 0.4) is 0 Å². The van der Waals surface area contributed by atoms with Crippen LogP contribution in [0.25, 0.3) is 0 Å². The van der Waals surface area contributed by atoms with Crippen LogP contribution in [0.4, 0.5) is 0 Å². The molecular weight excluding hydrogens is 145 g/mol. The van der Waals surface area contributed by atoms with E-state index in [2.05, 4.69) is 4.52 Å². The number of aliphatic hydroxyl groups is 1. The summed E-state index contributed by atoms with van der Waals surface area (Å²) in [5, 5.41) is 8.21. The molecule has 0 spiro atoms. The lowest BCUT2D eigenvalue weighted by molar-refractivity contribution is 0.153. The normalized spacial score (nSPS) is 15.2. The van der Waals surface area contributed by atoms with Crippen molar-refractivity contribution in [2.45, 2.75) is 12.6 Å². The van der Waals surface area contributed by atoms with Crippen molar-refractivity contribution in [3.8, 4) is 0 Å². The van der Waals surface area contributed by atoms with Gasteiger partial charge >= 0.3 is 8.25 Å². The number of rotatable bonds is 4. The van der Waals surface area contributed by atoms with Crippen molar-refractivity contribution < 1.29 is 19.1 Å². The van der Waals surface area contributed by atoms with Gasteiger partial charge in [0.2, 0.25) is 0 Å². The first kappa shape index (κ1) is 8.94. The first-order chi connectivity index (χ1) is 4.16. The van der Waals surface area contributed by atoms with Gasteiger partial charge < -0.3 is 10.8 Å². The van der Waals surface area contributed by atoms with Gasteiger partial charge in [-0.2, -0.15) is 0 Å². The fourth-order valence-electron chi connectivity index (χ4n) is 0.296. The van der Waals surface area contributed by atoms with Gasteiger partial charge in [-0.3, -0.25) is 0 Å². The van der Waals surface area contributed by atoms with Crippen molar-refractivity contribution >= 4 is 8.25 Å². The smallest absolute Gasteiger partial charge is 0.396 e. The topological polar surface area (TPSA) is 92.8 Å². The Kier molecular flexibility index (Phi) is 4.75. The van der Waals surface area contributed by atoms with Gasteiger partial charge in [-0.1, -0.05) is 0 Å². The molecule has 9 heavy (non-hydrogen) atoms. The third kappa shape index (κ3) is 5.82. The van der Waals surface area contributed by atoms with Crippen molar-refractivity contribution in [2.24, 2.45) is 5.73 Å². The highest BCUT2D eigenvalue weighted by Crippen LogP contribution is 2.16. The van der Waals surface area contributed by atoms with Gasteiger partial charge in [0.25, 0.3) is 0 Å². The fourth-order valence-corrected chi connectivity index (χ4v) is 0.633. The largest absolute Gasteiger partial charge is 0.696 e. The number of nitrogens with two attached hydrogens (primary N) is 1. The predicted octanol–water partition coefficient (Wildman–Crippen LogP) is -0.680. The second kappa shape index (κ2) is 4.78. The monoisotopic (exact) mass is 154 g/mol. The minimum Gasteiger partial charge on any atom is -0.396 e. The molecule has 0 saturated heterocycles. The Morgan fingerprint density at radius 1 is 1.78 bits per heavy atom. The van der Waals surface area contributed by atoms with Crippen LogP contribution < -0.4 is 5.73 Å². The van der Waals surface area contributed by atoms with Gasteiger partial charge in [-0.05, 0) is 0 Å². The van der Waals surface area contributed by atoms with E-state index in [0.29, 0.717) is 0 Å². The molecule has 0 aliphatic carbocycles. The predicted molar refractivity (Wildman–Crippen MR) is 30.6 cm³/mol. The average molecular weight is 154 g/mol. The van der Waals surface area contributed by atoms with Gasteiger partial charge in [0, 0.05) is 17.6 Å². The zero-order valence-electron chi connectivity index (χ0n) is 4.73. The van der Waals surface area contributed by atoms with Crippen molar-refractivity contribution in [1.82, 2.24) is 0 Å². The summed E-state index contributed by atoms with van der Waals surface area (Å²) in [6.07, 6.45) is -0.676. The molecule has 4 N–H and O–H groups in total. The van der Waals surface area contributed by atoms with Crippen LogP contribution in [0.1, 0.15) is 6.42 Å². The Labute approximate surface area is 53.4 Å². The lowest BCUT2D eigenvalue weighted by atomic mass is 10.4. The Morgan fingerprint density at radius 2 is 2.33 bits per heavy atom. The SMILES string of the molecule is NC(CCO)O[P+](=O)O. The van der Waals surface area contributed by atoms with Crippen LogP contribution in [0.2, 0.25) is 0 Å². The summed E-state index contributed by atoms with van der Waals surface area (Å²) in [5.74, 6) is 0. The van der Waals surface area contributed by atoms with Crippen LogP contribution in [-0.2, 0) is 9.09 Å². The summed E-state index contributed by atoms with van der Waals surface area (Å²) < 4.78 is 14.0. The Morgan fingerprint density at radius 3 is 2.67 bits per heavy atom. The third-order valence-electron chi connectivity index (χ3n) is 0.639. The summed E-state index contributed by atoms with van der Waals surface area (Å²) in [5.41, 5.74) is 5.06. The maximum atomic E-state index is 9.85. The molecule has 0 aromatic heterocycles. The summed E-state index contributed by atoms with van der Waals surface area (Å²) in [6.45, 7) is -0.148. The summed E-state index contributed by atoms with van der Waals surface area (Å²) in [4.78, 5) is 8.07. The molecule has 0 amide bonds. The molecule has 5 nitrogen and oxygen atoms in total. The number of aliphatic hydroxyl groups excluding tert-OH is 1. The zero-order valence-corrected chi connectivity index (χ0v) is 5.62. The first-order valence-electron chi connectivity index (χ1n) is 2.36. The van der Waals surface area contributed by atoms with E-state index in [9.17, 15) is 4.57 Å². The number of hydrogen-bond donors (Lipinski definition) is 3. The molecule has 0 heterocycles. The van der Waals surface area contributed by atoms with Gasteiger partial charge in [0.05, 0.1) is 0 Å². The van der Waals surface area contributed by atoms with Crippen LogP contribution in [0, 0.1) is 0 Å². The molecule has 0 aliphatic heterocycles. The highest BCUT2D eigenvalue weighted by atomic mass is 31.1. The van der Waals surface area contributed by atoms with E-state index in [1.54, 1.807) is 0 Å². The first-order valence-corrected chi connectivity index (χ1v) is 3.49. The molecule has 54 valence electrons. The van der Waals surface area contributed by atoms with E-state index in [0.717, 1.165) is 0 Å². The van der Waals surface area contributed by atoms with Crippen LogP contribution >= 0.6 is 8.25 Å². The Balaban J connectivity index is 3.26. The highest BCUT2D eigenvalue weighted by molar-refractivity contribution is 7.32. The van der Waals surface area contributed by atoms with Crippen LogP contribution in [0.5, 0.6) is 0 Å². The van der Waals surface area contributed by atoms with Gasteiger partial charge in [-0.15, -0.1) is 9.42 Å². The van der Waals surface area contributed by atoms with Crippen LogP contribution in [-0.4, -0.2) is 22.8 Å². The second-order valence-corrected chi connectivity index (χ2v) is 2.08. The molecule has 2 unspecified atom stereocenters. The fraction of sp³-hybridized carbons (Fsp3) is 1.00. The molecule has 0 aromatic rings. The van der Waals surface area contributed by atoms with Crippen molar-refractivity contribution in [1.29, 1.82) is 0 Å². The quantitative estimate of drug-likeness (QED) is 0.368. The van der Waals surface area contributed by atoms with E-state index in [4.69, 9.17) is 15.7 Å². The third-order valence-corrected chi connectivity index (χ3v) is 1.09. The average Bonchev–Trinajstić information content (AvgIpc) is 1.63. The molecule has 0 saturated carbocycles. The Bertz CT molecular complexity index is 97.8. The molecule has 6 heteroatoms. The summed E-state index contributed by atoms with van der Waals surface area (Å²) in [7, 11) is -2.64. The van der Waals surface area contributed by atoms with E-state index in [1.165, 1.54) is 0 Å². The molecular formula is C3H9NO4P+. The molecule has 0 aromatic carbocycles. The molecule has 0 bridgehead atoms. The molecule has 0 fully saturated rings. The van der Waals surface area contributed by atoms with Gasteiger partial charge in [-0.25, -0.2) is 0 Å². The highest BCUT2D eigenvalue weighted by Gasteiger charge is 2.17. The van der Waals surface area contributed by atoms with Gasteiger partial charge in [0.15, 0.2) is 6.23 Å². The zero-order chi connectivity index (χ0) is 7.28. The minimum absolute atomic E-state index is 0.148. The Hall–Kier alpha value is -0.0600. The van der Waals surface area contributed by atoms with Crippen molar-refractivity contribution in [3.05, 3.63) is 0 Å². The summed E-state index contributed by atoms with van der Waals surface area (Å²) in [6, 6.07) is 0. The van der Waals surface area contributed by atoms with E-state index >= 15 is 0 Å². The van der Waals surface area contributed by atoms with Gasteiger partial charge in [0.1, 0.15) is 0 Å². The van der Waals surface area contributed by atoms with Crippen molar-refractivity contribution in [3.63, 3.8) is 0 Å².